The summed E-state index contributed by atoms with van der Waals surface area (Å²) in [5.41, 5.74) is 0.0404. The van der Waals surface area contributed by atoms with E-state index in [0.29, 0.717) is 25.6 Å². The van der Waals surface area contributed by atoms with E-state index < -0.39 is 23.4 Å². The molecule has 2 aliphatic carbocycles. The van der Waals surface area contributed by atoms with Crippen molar-refractivity contribution in [2.75, 3.05) is 13.2 Å². The van der Waals surface area contributed by atoms with Gasteiger partial charge in [-0.15, -0.1) is 0 Å². The third-order valence-electron chi connectivity index (χ3n) is 8.49. The van der Waals surface area contributed by atoms with Gasteiger partial charge in [0.25, 0.3) is 0 Å². The van der Waals surface area contributed by atoms with Crippen LogP contribution in [-0.2, 0) is 19.0 Å². The highest BCUT2D eigenvalue weighted by Gasteiger charge is 2.83. The minimum absolute atomic E-state index is 0.0652. The number of ether oxygens (including phenoxy) is 3. The van der Waals surface area contributed by atoms with Crippen molar-refractivity contribution < 1.29 is 29.2 Å². The highest BCUT2D eigenvalue weighted by Crippen LogP contribution is 2.73. The summed E-state index contributed by atoms with van der Waals surface area (Å²) in [7, 11) is 0. The molecule has 0 radical (unpaired) electrons. The highest BCUT2D eigenvalue weighted by molar-refractivity contribution is 5.85. The average Bonchev–Trinajstić information content (AvgIpc) is 3.13. The summed E-state index contributed by atoms with van der Waals surface area (Å²) in [6, 6.07) is 0. The Morgan fingerprint density at radius 2 is 2.15 bits per heavy atom. The number of aliphatic hydroxyl groups excluding tert-OH is 2. The van der Waals surface area contributed by atoms with Crippen molar-refractivity contribution in [2.24, 2.45) is 22.7 Å². The lowest BCUT2D eigenvalue weighted by atomic mass is 9.44. The van der Waals surface area contributed by atoms with Crippen molar-refractivity contribution in [3.63, 3.8) is 0 Å². The predicted molar refractivity (Wildman–Crippen MR) is 90.9 cm³/mol. The normalized spacial score (nSPS) is 54.8. The molecule has 0 aromatic rings. The van der Waals surface area contributed by atoms with Gasteiger partial charge >= 0.3 is 5.97 Å². The van der Waals surface area contributed by atoms with Crippen LogP contribution in [0.4, 0.5) is 0 Å². The predicted octanol–water partition coefficient (Wildman–Crippen LogP) is 1.54. The van der Waals surface area contributed by atoms with Gasteiger partial charge in [0.1, 0.15) is 18.3 Å². The van der Waals surface area contributed by atoms with Gasteiger partial charge in [-0.05, 0) is 54.9 Å². The standard InChI is InChI=1S/C20H28O6/c1-11-3-6-19-14(18(11,2)5-4-12-7-15(22)24-9-12)8-13(21)16-20(19,26-16)10-25-17(19)23/h7,11,13-14,16-17,21,23H,3-6,8-10H2,1-2H3. The second kappa shape index (κ2) is 5.31. The van der Waals surface area contributed by atoms with Crippen molar-refractivity contribution in [3.8, 4) is 0 Å². The summed E-state index contributed by atoms with van der Waals surface area (Å²) in [5.74, 6) is 0.340. The van der Waals surface area contributed by atoms with Gasteiger partial charge in [0.2, 0.25) is 0 Å². The van der Waals surface area contributed by atoms with Crippen molar-refractivity contribution >= 4 is 5.97 Å². The van der Waals surface area contributed by atoms with E-state index in [9.17, 15) is 15.0 Å². The molecule has 8 atom stereocenters. The van der Waals surface area contributed by atoms with Crippen LogP contribution in [-0.4, -0.2) is 53.5 Å². The van der Waals surface area contributed by atoms with Crippen LogP contribution in [0, 0.1) is 22.7 Å². The summed E-state index contributed by atoms with van der Waals surface area (Å²) in [4.78, 5) is 11.4. The molecule has 0 amide bonds. The zero-order valence-electron chi connectivity index (χ0n) is 15.4. The maximum atomic E-state index is 11.4. The van der Waals surface area contributed by atoms with Crippen LogP contribution in [0.1, 0.15) is 46.0 Å². The van der Waals surface area contributed by atoms with Crippen LogP contribution in [0.3, 0.4) is 0 Å². The third-order valence-corrected chi connectivity index (χ3v) is 8.49. The van der Waals surface area contributed by atoms with E-state index in [-0.39, 0.29) is 23.4 Å². The van der Waals surface area contributed by atoms with Gasteiger partial charge in [-0.3, -0.25) is 0 Å². The average molecular weight is 364 g/mol. The molecule has 2 N–H and O–H groups in total. The lowest BCUT2D eigenvalue weighted by Gasteiger charge is -2.59. The molecule has 0 aromatic heterocycles. The number of cyclic esters (lactones) is 1. The van der Waals surface area contributed by atoms with E-state index in [1.165, 1.54) is 0 Å². The van der Waals surface area contributed by atoms with Crippen LogP contribution in [0.5, 0.6) is 0 Å². The molecule has 6 heteroatoms. The summed E-state index contributed by atoms with van der Waals surface area (Å²) in [6.45, 7) is 5.33. The van der Waals surface area contributed by atoms with E-state index in [2.05, 4.69) is 13.8 Å². The number of carbonyl (C=O) groups excluding carboxylic acids is 1. The molecule has 6 nitrogen and oxygen atoms in total. The van der Waals surface area contributed by atoms with Crippen LogP contribution in [0.2, 0.25) is 0 Å². The largest absolute Gasteiger partial charge is 0.458 e. The fraction of sp³-hybridized carbons (Fsp3) is 0.850. The molecule has 5 aliphatic rings. The Hall–Kier alpha value is -0.950. The van der Waals surface area contributed by atoms with Crippen LogP contribution < -0.4 is 0 Å². The molecule has 4 fully saturated rings. The summed E-state index contributed by atoms with van der Waals surface area (Å²) >= 11 is 0. The second-order valence-electron chi connectivity index (χ2n) is 9.34. The van der Waals surface area contributed by atoms with E-state index in [1.54, 1.807) is 6.08 Å². The number of hydrogen-bond acceptors (Lipinski definition) is 6. The Bertz CT molecular complexity index is 675. The van der Waals surface area contributed by atoms with Crippen LogP contribution in [0.15, 0.2) is 11.6 Å². The maximum absolute atomic E-state index is 11.4. The fourth-order valence-electron chi connectivity index (χ4n) is 6.71. The topological polar surface area (TPSA) is 88.5 Å². The number of carbonyl (C=O) groups is 1. The SMILES string of the molecule is CC1CCC23C(O)OCC24OC4C(O)CC3C1(C)CCC1=CC(=O)OC1. The molecule has 2 saturated carbocycles. The lowest BCUT2D eigenvalue weighted by Crippen LogP contribution is -2.62. The Kier molecular flexibility index (Phi) is 3.51. The molecule has 144 valence electrons. The van der Waals surface area contributed by atoms with Crippen LogP contribution >= 0.6 is 0 Å². The number of epoxide rings is 1. The third kappa shape index (κ3) is 1.94. The minimum atomic E-state index is -0.826. The molecular weight excluding hydrogens is 336 g/mol. The molecule has 0 bridgehead atoms. The number of esters is 1. The monoisotopic (exact) mass is 364 g/mol. The molecule has 0 aromatic carbocycles. The minimum Gasteiger partial charge on any atom is -0.458 e. The Morgan fingerprint density at radius 3 is 2.88 bits per heavy atom. The zero-order chi connectivity index (χ0) is 18.3. The molecule has 8 unspecified atom stereocenters. The fourth-order valence-corrected chi connectivity index (χ4v) is 6.71. The van der Waals surface area contributed by atoms with Gasteiger partial charge in [0, 0.05) is 6.08 Å². The van der Waals surface area contributed by atoms with Gasteiger partial charge in [-0.1, -0.05) is 13.8 Å². The number of rotatable bonds is 3. The quantitative estimate of drug-likeness (QED) is 0.583. The van der Waals surface area contributed by atoms with Crippen molar-refractivity contribution in [1.29, 1.82) is 0 Å². The van der Waals surface area contributed by atoms with Gasteiger partial charge in [0.15, 0.2) is 6.29 Å². The Morgan fingerprint density at radius 1 is 1.35 bits per heavy atom. The molecule has 2 spiro atoms. The van der Waals surface area contributed by atoms with Gasteiger partial charge < -0.3 is 24.4 Å². The lowest BCUT2D eigenvalue weighted by molar-refractivity contribution is -0.203. The summed E-state index contributed by atoms with van der Waals surface area (Å²) < 4.78 is 16.8. The maximum Gasteiger partial charge on any atom is 0.331 e. The molecule has 3 aliphatic heterocycles. The molecule has 5 rings (SSSR count). The Labute approximate surface area is 153 Å². The molecule has 2 saturated heterocycles. The smallest absolute Gasteiger partial charge is 0.331 e. The van der Waals surface area contributed by atoms with Gasteiger partial charge in [-0.2, -0.15) is 0 Å². The molecule has 3 heterocycles. The summed E-state index contributed by atoms with van der Waals surface area (Å²) in [5, 5.41) is 21.5. The molecular formula is C20H28O6. The first-order chi connectivity index (χ1) is 12.3. The van der Waals surface area contributed by atoms with Crippen LogP contribution in [0.25, 0.3) is 0 Å². The zero-order valence-corrected chi connectivity index (χ0v) is 15.4. The second-order valence-corrected chi connectivity index (χ2v) is 9.34. The first-order valence-corrected chi connectivity index (χ1v) is 9.85. The van der Waals surface area contributed by atoms with Crippen molar-refractivity contribution in [1.82, 2.24) is 0 Å². The van der Waals surface area contributed by atoms with Crippen molar-refractivity contribution in [3.05, 3.63) is 11.6 Å². The molecule has 26 heavy (non-hydrogen) atoms. The first-order valence-electron chi connectivity index (χ1n) is 9.85. The highest BCUT2D eigenvalue weighted by atomic mass is 16.7. The van der Waals surface area contributed by atoms with E-state index in [0.717, 1.165) is 31.3 Å². The Balaban J connectivity index is 1.49. The van der Waals surface area contributed by atoms with Gasteiger partial charge in [0.05, 0.1) is 18.1 Å². The first kappa shape index (κ1) is 17.2. The van der Waals surface area contributed by atoms with Crippen molar-refractivity contribution in [2.45, 2.75) is 70.1 Å². The number of aliphatic hydroxyl groups is 2. The van der Waals surface area contributed by atoms with E-state index >= 15 is 0 Å². The van der Waals surface area contributed by atoms with E-state index in [1.807, 2.05) is 0 Å². The van der Waals surface area contributed by atoms with Gasteiger partial charge in [-0.25, -0.2) is 4.79 Å². The van der Waals surface area contributed by atoms with E-state index in [4.69, 9.17) is 14.2 Å². The summed E-state index contributed by atoms with van der Waals surface area (Å²) in [6.07, 6.45) is 4.33. The number of hydrogen-bond donors (Lipinski definition) is 2.